The van der Waals surface area contributed by atoms with E-state index >= 15 is 0 Å². The number of aromatic nitrogens is 4. The van der Waals surface area contributed by atoms with Gasteiger partial charge in [-0.2, -0.15) is 5.21 Å². The summed E-state index contributed by atoms with van der Waals surface area (Å²) in [6.45, 7) is 4.92. The maximum Gasteiger partial charge on any atom is 0.337 e. The Balaban J connectivity index is 1.57. The van der Waals surface area contributed by atoms with Gasteiger partial charge in [0.05, 0.1) is 18.7 Å². The molecule has 0 bridgehead atoms. The maximum absolute atomic E-state index is 12.4. The van der Waals surface area contributed by atoms with Crippen LogP contribution in [0.4, 0.5) is 0 Å². The molecule has 8 nitrogen and oxygen atoms in total. The normalized spacial score (nSPS) is 16.1. The van der Waals surface area contributed by atoms with Crippen LogP contribution in [0.25, 0.3) is 22.5 Å². The van der Waals surface area contributed by atoms with E-state index in [-0.39, 0.29) is 12.0 Å². The number of esters is 1. The van der Waals surface area contributed by atoms with Crippen molar-refractivity contribution in [3.05, 3.63) is 65.4 Å². The van der Waals surface area contributed by atoms with Crippen molar-refractivity contribution in [1.29, 1.82) is 0 Å². The van der Waals surface area contributed by atoms with E-state index in [2.05, 4.69) is 57.2 Å². The van der Waals surface area contributed by atoms with E-state index in [4.69, 9.17) is 4.74 Å². The van der Waals surface area contributed by atoms with Crippen molar-refractivity contribution in [1.82, 2.24) is 31.1 Å². The number of hydrogen-bond acceptors (Lipinski definition) is 7. The van der Waals surface area contributed by atoms with Gasteiger partial charge in [0.15, 0.2) is 0 Å². The minimum absolute atomic E-state index is 0.114. The predicted molar refractivity (Wildman–Crippen MR) is 117 cm³/mol. The van der Waals surface area contributed by atoms with Gasteiger partial charge in [-0.05, 0) is 41.7 Å². The van der Waals surface area contributed by atoms with Crippen LogP contribution >= 0.6 is 0 Å². The number of benzene rings is 2. The highest BCUT2D eigenvalue weighted by Gasteiger charge is 2.33. The van der Waals surface area contributed by atoms with Crippen LogP contribution < -0.4 is 5.43 Å². The molecule has 4 rings (SSSR count). The standard InChI is InChI=1S/C23H26N6O2/c1-4-13-29-15(2)21(23(30)31-3)20(26-29)14-16-9-11-17(12-10-16)18-7-5-6-8-19(18)22-24-27-28-25-22/h5-12,20,26H,4,13-14H2,1-3H3,(H,24,25,27,28). The molecule has 1 unspecified atom stereocenters. The number of hydrazine groups is 1. The topological polar surface area (TPSA) is 96.0 Å². The maximum atomic E-state index is 12.4. The van der Waals surface area contributed by atoms with Gasteiger partial charge in [-0.15, -0.1) is 10.2 Å². The second-order valence-corrected chi connectivity index (χ2v) is 7.51. The van der Waals surface area contributed by atoms with E-state index in [1.165, 1.54) is 7.11 Å². The van der Waals surface area contributed by atoms with E-state index in [0.717, 1.165) is 40.9 Å². The lowest BCUT2D eigenvalue weighted by Crippen LogP contribution is -2.39. The molecule has 2 heterocycles. The molecule has 0 fully saturated rings. The summed E-state index contributed by atoms with van der Waals surface area (Å²) < 4.78 is 5.04. The number of carbonyl (C=O) groups is 1. The Morgan fingerprint density at radius 3 is 2.52 bits per heavy atom. The zero-order valence-corrected chi connectivity index (χ0v) is 17.9. The molecule has 1 aliphatic heterocycles. The van der Waals surface area contributed by atoms with Crippen molar-refractivity contribution in [3.8, 4) is 22.5 Å². The Hall–Kier alpha value is -3.52. The van der Waals surface area contributed by atoms with Gasteiger partial charge in [0.2, 0.25) is 5.82 Å². The molecule has 3 aromatic rings. The molecule has 0 radical (unpaired) electrons. The zero-order valence-electron chi connectivity index (χ0n) is 17.9. The van der Waals surface area contributed by atoms with Crippen LogP contribution in [0.15, 0.2) is 59.8 Å². The number of methoxy groups -OCH3 is 1. The summed E-state index contributed by atoms with van der Waals surface area (Å²) in [5, 5.41) is 16.4. The van der Waals surface area contributed by atoms with Crippen LogP contribution in [0.3, 0.4) is 0 Å². The van der Waals surface area contributed by atoms with Gasteiger partial charge in [-0.25, -0.2) is 10.2 Å². The van der Waals surface area contributed by atoms with Crippen molar-refractivity contribution in [3.63, 3.8) is 0 Å². The van der Waals surface area contributed by atoms with Crippen molar-refractivity contribution in [2.24, 2.45) is 0 Å². The fraction of sp³-hybridized carbons (Fsp3) is 0.304. The highest BCUT2D eigenvalue weighted by Crippen LogP contribution is 2.30. The minimum Gasteiger partial charge on any atom is -0.466 e. The van der Waals surface area contributed by atoms with Gasteiger partial charge in [0, 0.05) is 17.8 Å². The first-order valence-electron chi connectivity index (χ1n) is 10.4. The first-order valence-corrected chi connectivity index (χ1v) is 10.4. The molecule has 0 saturated carbocycles. The summed E-state index contributed by atoms with van der Waals surface area (Å²) in [5.74, 6) is 0.286. The first kappa shape index (κ1) is 20.7. The first-order chi connectivity index (χ1) is 15.1. The van der Waals surface area contributed by atoms with Crippen LogP contribution in [0.5, 0.6) is 0 Å². The zero-order chi connectivity index (χ0) is 21.8. The van der Waals surface area contributed by atoms with Gasteiger partial charge >= 0.3 is 5.97 Å². The van der Waals surface area contributed by atoms with E-state index in [9.17, 15) is 4.79 Å². The highest BCUT2D eigenvalue weighted by atomic mass is 16.5. The van der Waals surface area contributed by atoms with E-state index in [0.29, 0.717) is 17.8 Å². The Morgan fingerprint density at radius 1 is 1.13 bits per heavy atom. The molecule has 0 spiro atoms. The fourth-order valence-corrected chi connectivity index (χ4v) is 4.01. The van der Waals surface area contributed by atoms with Crippen LogP contribution in [0.2, 0.25) is 0 Å². The molecule has 0 amide bonds. The Bertz CT molecular complexity index is 1080. The quantitative estimate of drug-likeness (QED) is 0.569. The summed E-state index contributed by atoms with van der Waals surface area (Å²) in [4.78, 5) is 12.4. The third-order valence-electron chi connectivity index (χ3n) is 5.53. The highest BCUT2D eigenvalue weighted by molar-refractivity contribution is 5.91. The van der Waals surface area contributed by atoms with Crippen LogP contribution in [-0.4, -0.2) is 51.3 Å². The third-order valence-corrected chi connectivity index (χ3v) is 5.53. The molecule has 1 aliphatic rings. The van der Waals surface area contributed by atoms with Gasteiger partial charge in [0.1, 0.15) is 0 Å². The molecule has 0 saturated heterocycles. The Morgan fingerprint density at radius 2 is 1.87 bits per heavy atom. The number of H-pyrrole nitrogens is 1. The lowest BCUT2D eigenvalue weighted by molar-refractivity contribution is -0.136. The second-order valence-electron chi connectivity index (χ2n) is 7.51. The molecule has 1 aromatic heterocycles. The molecule has 8 heteroatoms. The largest absolute Gasteiger partial charge is 0.466 e. The molecule has 31 heavy (non-hydrogen) atoms. The average molecular weight is 419 g/mol. The number of tetrazole rings is 1. The lowest BCUT2D eigenvalue weighted by Gasteiger charge is -2.21. The number of carbonyl (C=O) groups excluding carboxylic acids is 1. The molecule has 0 aliphatic carbocycles. The number of rotatable bonds is 7. The van der Waals surface area contributed by atoms with Gasteiger partial charge in [-0.1, -0.05) is 55.5 Å². The van der Waals surface area contributed by atoms with Gasteiger partial charge in [0.25, 0.3) is 0 Å². The monoisotopic (exact) mass is 418 g/mol. The summed E-state index contributed by atoms with van der Waals surface area (Å²) in [7, 11) is 1.43. The number of nitrogens with zero attached hydrogens (tertiary/aromatic N) is 4. The summed E-state index contributed by atoms with van der Waals surface area (Å²) in [6.07, 6.45) is 1.68. The number of ether oxygens (including phenoxy) is 1. The summed E-state index contributed by atoms with van der Waals surface area (Å²) in [5.41, 5.74) is 9.24. The number of allylic oxidation sites excluding steroid dienone is 1. The number of aromatic amines is 1. The van der Waals surface area contributed by atoms with Crippen LogP contribution in [0.1, 0.15) is 25.8 Å². The van der Waals surface area contributed by atoms with Gasteiger partial charge < -0.3 is 9.75 Å². The number of nitrogens with one attached hydrogen (secondary N) is 2. The van der Waals surface area contributed by atoms with Gasteiger partial charge in [-0.3, -0.25) is 0 Å². The molecule has 2 aromatic carbocycles. The van der Waals surface area contributed by atoms with Crippen LogP contribution in [-0.2, 0) is 16.0 Å². The Kier molecular flexibility index (Phi) is 6.08. The minimum atomic E-state index is -0.278. The molecule has 160 valence electrons. The van der Waals surface area contributed by atoms with Crippen molar-refractivity contribution in [2.75, 3.05) is 13.7 Å². The van der Waals surface area contributed by atoms with E-state index < -0.39 is 0 Å². The summed E-state index contributed by atoms with van der Waals surface area (Å²) in [6, 6.07) is 16.2. The second kappa shape index (κ2) is 9.09. The smallest absolute Gasteiger partial charge is 0.337 e. The van der Waals surface area contributed by atoms with Crippen molar-refractivity contribution >= 4 is 5.97 Å². The Labute approximate surface area is 181 Å². The molecule has 2 N–H and O–H groups in total. The SMILES string of the molecule is CCCN1NC(Cc2ccc(-c3ccccc3-c3nn[nH]n3)cc2)C(C(=O)OC)=C1C. The fourth-order valence-electron chi connectivity index (χ4n) is 4.01. The van der Waals surface area contributed by atoms with Crippen molar-refractivity contribution in [2.45, 2.75) is 32.7 Å². The predicted octanol–water partition coefficient (Wildman–Crippen LogP) is 3.12. The average Bonchev–Trinajstić information content (AvgIpc) is 3.43. The lowest BCUT2D eigenvalue weighted by atomic mass is 9.95. The van der Waals surface area contributed by atoms with Crippen molar-refractivity contribution < 1.29 is 9.53 Å². The number of hydrogen-bond donors (Lipinski definition) is 2. The van der Waals surface area contributed by atoms with Crippen LogP contribution in [0, 0.1) is 0 Å². The van der Waals surface area contributed by atoms with E-state index in [1.54, 1.807) is 0 Å². The van der Waals surface area contributed by atoms with E-state index in [1.807, 2.05) is 36.2 Å². The molecule has 1 atom stereocenters. The third kappa shape index (κ3) is 4.20. The molecular formula is C23H26N6O2. The molecular weight excluding hydrogens is 392 g/mol. The summed E-state index contributed by atoms with van der Waals surface area (Å²) >= 11 is 0.